The molecule has 1 aliphatic heterocycles. The zero-order valence-electron chi connectivity index (χ0n) is 16.4. The van der Waals surface area contributed by atoms with Crippen molar-refractivity contribution in [1.82, 2.24) is 14.9 Å². The van der Waals surface area contributed by atoms with Gasteiger partial charge < -0.3 is 5.32 Å². The summed E-state index contributed by atoms with van der Waals surface area (Å²) in [6.07, 6.45) is 2.24. The van der Waals surface area contributed by atoms with Crippen molar-refractivity contribution in [3.05, 3.63) is 54.6 Å². The molecular weight excluding hydrogens is 332 g/mol. The molecule has 140 valence electrons. The lowest BCUT2D eigenvalue weighted by molar-refractivity contribution is 0.106. The number of rotatable bonds is 3. The quantitative estimate of drug-likeness (QED) is 0.716. The standard InChI is InChI=1S/C23H28N4/c1-23(2,3)27-15-13-18(14-16-27)24-22-25-20-12-8-7-11-19(20)21(26-22)17-9-5-4-6-10-17/h4-12,18H,13-16H2,1-3H3,(H,24,25,26). The third-order valence-electron chi connectivity index (χ3n) is 5.43. The van der Waals surface area contributed by atoms with Crippen molar-refractivity contribution < 1.29 is 0 Å². The van der Waals surface area contributed by atoms with E-state index in [1.165, 1.54) is 0 Å². The first kappa shape index (κ1) is 17.9. The molecule has 27 heavy (non-hydrogen) atoms. The summed E-state index contributed by atoms with van der Waals surface area (Å²) in [4.78, 5) is 12.2. The number of para-hydroxylation sites is 1. The van der Waals surface area contributed by atoms with Gasteiger partial charge in [-0.3, -0.25) is 4.90 Å². The molecule has 3 aromatic rings. The molecule has 4 nitrogen and oxygen atoms in total. The highest BCUT2D eigenvalue weighted by Crippen LogP contribution is 2.28. The fraction of sp³-hybridized carbons (Fsp3) is 0.391. The number of piperidine rings is 1. The average Bonchev–Trinajstić information content (AvgIpc) is 2.68. The minimum atomic E-state index is 0.241. The van der Waals surface area contributed by atoms with Gasteiger partial charge in [-0.25, -0.2) is 9.97 Å². The molecule has 0 spiro atoms. The molecule has 0 amide bonds. The SMILES string of the molecule is CC(C)(C)N1CCC(Nc2nc(-c3ccccc3)c3ccccc3n2)CC1. The molecule has 1 aromatic heterocycles. The maximum Gasteiger partial charge on any atom is 0.224 e. The first-order chi connectivity index (χ1) is 13.0. The monoisotopic (exact) mass is 360 g/mol. The van der Waals surface area contributed by atoms with E-state index < -0.39 is 0 Å². The van der Waals surface area contributed by atoms with Crippen LogP contribution in [0.4, 0.5) is 5.95 Å². The van der Waals surface area contributed by atoms with Crippen LogP contribution in [0.25, 0.3) is 22.2 Å². The van der Waals surface area contributed by atoms with Crippen LogP contribution in [0.2, 0.25) is 0 Å². The Morgan fingerprint density at radius 1 is 0.889 bits per heavy atom. The van der Waals surface area contributed by atoms with E-state index in [4.69, 9.17) is 9.97 Å². The maximum atomic E-state index is 4.90. The van der Waals surface area contributed by atoms with E-state index in [9.17, 15) is 0 Å². The Kier molecular flexibility index (Phi) is 4.83. The lowest BCUT2D eigenvalue weighted by Gasteiger charge is -2.41. The van der Waals surface area contributed by atoms with Gasteiger partial charge in [-0.15, -0.1) is 0 Å². The van der Waals surface area contributed by atoms with Crippen molar-refractivity contribution in [2.75, 3.05) is 18.4 Å². The van der Waals surface area contributed by atoms with Crippen molar-refractivity contribution in [1.29, 1.82) is 0 Å². The Morgan fingerprint density at radius 3 is 2.26 bits per heavy atom. The zero-order chi connectivity index (χ0) is 18.9. The molecule has 4 rings (SSSR count). The minimum Gasteiger partial charge on any atom is -0.351 e. The molecule has 0 unspecified atom stereocenters. The van der Waals surface area contributed by atoms with Crippen molar-refractivity contribution in [3.8, 4) is 11.3 Å². The number of hydrogen-bond donors (Lipinski definition) is 1. The molecule has 1 saturated heterocycles. The number of likely N-dealkylation sites (tertiary alicyclic amines) is 1. The number of fused-ring (bicyclic) bond motifs is 1. The fourth-order valence-corrected chi connectivity index (χ4v) is 3.83. The molecule has 1 aliphatic rings. The number of aromatic nitrogens is 2. The lowest BCUT2D eigenvalue weighted by atomic mass is 9.98. The van der Waals surface area contributed by atoms with Crippen LogP contribution in [0, 0.1) is 0 Å². The van der Waals surface area contributed by atoms with Gasteiger partial charge in [0.1, 0.15) is 0 Å². The van der Waals surface area contributed by atoms with Crippen LogP contribution in [-0.4, -0.2) is 39.5 Å². The Bertz CT molecular complexity index is 907. The number of nitrogens with one attached hydrogen (secondary N) is 1. The predicted octanol–water partition coefficient (Wildman–Crippen LogP) is 4.97. The van der Waals surface area contributed by atoms with Crippen molar-refractivity contribution in [3.63, 3.8) is 0 Å². The number of nitrogens with zero attached hydrogens (tertiary/aromatic N) is 3. The summed E-state index contributed by atoms with van der Waals surface area (Å²) in [5, 5.41) is 4.70. The third-order valence-corrected chi connectivity index (χ3v) is 5.43. The molecule has 0 aliphatic carbocycles. The van der Waals surface area contributed by atoms with Crippen LogP contribution in [0.3, 0.4) is 0 Å². The summed E-state index contributed by atoms with van der Waals surface area (Å²) in [7, 11) is 0. The first-order valence-electron chi connectivity index (χ1n) is 9.84. The molecule has 0 radical (unpaired) electrons. The van der Waals surface area contributed by atoms with Gasteiger partial charge >= 0.3 is 0 Å². The number of benzene rings is 2. The second kappa shape index (κ2) is 7.28. The van der Waals surface area contributed by atoms with Gasteiger partial charge in [0.05, 0.1) is 11.2 Å². The van der Waals surface area contributed by atoms with Gasteiger partial charge in [0.15, 0.2) is 0 Å². The summed E-state index contributed by atoms with van der Waals surface area (Å²) in [6.45, 7) is 9.10. The van der Waals surface area contributed by atoms with E-state index in [1.54, 1.807) is 0 Å². The number of anilines is 1. The smallest absolute Gasteiger partial charge is 0.224 e. The van der Waals surface area contributed by atoms with Crippen LogP contribution in [-0.2, 0) is 0 Å². The molecule has 1 fully saturated rings. The zero-order valence-corrected chi connectivity index (χ0v) is 16.4. The van der Waals surface area contributed by atoms with E-state index in [0.29, 0.717) is 6.04 Å². The van der Waals surface area contributed by atoms with E-state index in [0.717, 1.165) is 54.0 Å². The van der Waals surface area contributed by atoms with Crippen LogP contribution in [0.1, 0.15) is 33.6 Å². The van der Waals surface area contributed by atoms with Crippen LogP contribution >= 0.6 is 0 Å². The van der Waals surface area contributed by atoms with Gasteiger partial charge in [0.2, 0.25) is 5.95 Å². The molecular formula is C23H28N4. The van der Waals surface area contributed by atoms with Crippen molar-refractivity contribution in [2.45, 2.75) is 45.2 Å². The van der Waals surface area contributed by atoms with Crippen LogP contribution in [0.15, 0.2) is 54.6 Å². The van der Waals surface area contributed by atoms with Crippen molar-refractivity contribution in [2.24, 2.45) is 0 Å². The van der Waals surface area contributed by atoms with E-state index in [1.807, 2.05) is 18.2 Å². The molecule has 0 bridgehead atoms. The van der Waals surface area contributed by atoms with E-state index in [2.05, 4.69) is 67.4 Å². The van der Waals surface area contributed by atoms with Gasteiger partial charge in [-0.05, 0) is 39.7 Å². The Morgan fingerprint density at radius 2 is 1.56 bits per heavy atom. The number of hydrogen-bond acceptors (Lipinski definition) is 4. The Balaban J connectivity index is 1.60. The summed E-state index contributed by atoms with van der Waals surface area (Å²) in [5.74, 6) is 0.738. The second-order valence-electron chi connectivity index (χ2n) is 8.36. The van der Waals surface area contributed by atoms with Gasteiger partial charge in [0, 0.05) is 35.6 Å². The maximum absolute atomic E-state index is 4.90. The third kappa shape index (κ3) is 3.96. The summed E-state index contributed by atoms with van der Waals surface area (Å²) >= 11 is 0. The largest absolute Gasteiger partial charge is 0.351 e. The van der Waals surface area contributed by atoms with Gasteiger partial charge in [0.25, 0.3) is 0 Å². The lowest BCUT2D eigenvalue weighted by Crippen LogP contribution is -2.48. The highest BCUT2D eigenvalue weighted by atomic mass is 15.2. The topological polar surface area (TPSA) is 41.0 Å². The molecule has 1 N–H and O–H groups in total. The molecule has 2 aromatic carbocycles. The summed E-state index contributed by atoms with van der Waals surface area (Å²) in [6, 6.07) is 19.1. The predicted molar refractivity (Wildman–Crippen MR) is 113 cm³/mol. The minimum absolute atomic E-state index is 0.241. The van der Waals surface area contributed by atoms with Crippen LogP contribution in [0.5, 0.6) is 0 Å². The Hall–Kier alpha value is -2.46. The molecule has 0 atom stereocenters. The first-order valence-corrected chi connectivity index (χ1v) is 9.84. The average molecular weight is 361 g/mol. The summed E-state index contributed by atoms with van der Waals surface area (Å²) < 4.78 is 0. The van der Waals surface area contributed by atoms with E-state index in [-0.39, 0.29) is 5.54 Å². The Labute approximate surface area is 161 Å². The van der Waals surface area contributed by atoms with Gasteiger partial charge in [-0.2, -0.15) is 0 Å². The molecule has 0 saturated carbocycles. The summed E-state index contributed by atoms with van der Waals surface area (Å²) in [5.41, 5.74) is 3.35. The highest BCUT2D eigenvalue weighted by Gasteiger charge is 2.27. The normalized spacial score (nSPS) is 16.6. The fourth-order valence-electron chi connectivity index (χ4n) is 3.83. The van der Waals surface area contributed by atoms with Crippen molar-refractivity contribution >= 4 is 16.9 Å². The molecule has 4 heteroatoms. The second-order valence-corrected chi connectivity index (χ2v) is 8.36. The molecule has 2 heterocycles. The highest BCUT2D eigenvalue weighted by molar-refractivity contribution is 5.93. The van der Waals surface area contributed by atoms with Crippen LogP contribution < -0.4 is 5.32 Å². The van der Waals surface area contributed by atoms with Gasteiger partial charge in [-0.1, -0.05) is 48.5 Å². The van der Waals surface area contributed by atoms with E-state index >= 15 is 0 Å².